The van der Waals surface area contributed by atoms with Crippen molar-refractivity contribution in [3.8, 4) is 0 Å². The van der Waals surface area contributed by atoms with Gasteiger partial charge in [0.05, 0.1) is 13.2 Å². The summed E-state index contributed by atoms with van der Waals surface area (Å²) in [6, 6.07) is 0. The van der Waals surface area contributed by atoms with Gasteiger partial charge in [0, 0.05) is 6.54 Å². The van der Waals surface area contributed by atoms with E-state index in [0.717, 1.165) is 19.5 Å². The van der Waals surface area contributed by atoms with E-state index in [1.54, 1.807) is 0 Å². The van der Waals surface area contributed by atoms with Crippen molar-refractivity contribution >= 4 is 5.97 Å². The number of hydrogen-bond donors (Lipinski definition) is 0. The highest BCUT2D eigenvalue weighted by Crippen LogP contribution is 1.99. The smallest absolute Gasteiger partial charge is 0.320 e. The molecule has 0 amide bonds. The largest absolute Gasteiger partial charge is 0.465 e. The van der Waals surface area contributed by atoms with Crippen LogP contribution in [0.15, 0.2) is 12.7 Å². The maximum absolute atomic E-state index is 11.3. The zero-order valence-electron chi connectivity index (χ0n) is 10.00. The third-order valence-corrected chi connectivity index (χ3v) is 2.12. The van der Waals surface area contributed by atoms with Gasteiger partial charge in [-0.1, -0.05) is 25.8 Å². The molecule has 0 unspecified atom stereocenters. The second kappa shape index (κ2) is 9.71. The van der Waals surface area contributed by atoms with Crippen LogP contribution in [0.3, 0.4) is 0 Å². The summed E-state index contributed by atoms with van der Waals surface area (Å²) in [5.74, 6) is -0.143. The van der Waals surface area contributed by atoms with Gasteiger partial charge in [-0.3, -0.25) is 9.69 Å². The highest BCUT2D eigenvalue weighted by Gasteiger charge is 2.09. The number of ether oxygens (including phenoxy) is 1. The lowest BCUT2D eigenvalue weighted by Crippen LogP contribution is -2.32. The zero-order valence-corrected chi connectivity index (χ0v) is 10.00. The molecular weight excluding hydrogens is 190 g/mol. The van der Waals surface area contributed by atoms with Crippen LogP contribution >= 0.6 is 0 Å². The van der Waals surface area contributed by atoms with Crippen molar-refractivity contribution in [2.45, 2.75) is 33.1 Å². The fourth-order valence-corrected chi connectivity index (χ4v) is 1.39. The van der Waals surface area contributed by atoms with Gasteiger partial charge in [-0.25, -0.2) is 0 Å². The van der Waals surface area contributed by atoms with E-state index >= 15 is 0 Å². The van der Waals surface area contributed by atoms with E-state index < -0.39 is 0 Å². The summed E-state index contributed by atoms with van der Waals surface area (Å²) in [7, 11) is 0. The Morgan fingerprint density at radius 1 is 1.40 bits per heavy atom. The Morgan fingerprint density at radius 2 is 2.13 bits per heavy atom. The van der Waals surface area contributed by atoms with E-state index in [1.165, 1.54) is 12.8 Å². The summed E-state index contributed by atoms with van der Waals surface area (Å²) in [5.41, 5.74) is 0. The lowest BCUT2D eigenvalue weighted by atomic mass is 10.2. The van der Waals surface area contributed by atoms with E-state index in [-0.39, 0.29) is 5.97 Å². The van der Waals surface area contributed by atoms with Crippen molar-refractivity contribution in [3.63, 3.8) is 0 Å². The molecule has 0 aromatic rings. The lowest BCUT2D eigenvalue weighted by molar-refractivity contribution is -0.144. The van der Waals surface area contributed by atoms with Crippen LogP contribution in [-0.4, -0.2) is 37.1 Å². The molecule has 0 bridgehead atoms. The predicted octanol–water partition coefficient (Wildman–Crippen LogP) is 2.23. The number of esters is 1. The fraction of sp³-hybridized carbons (Fsp3) is 0.750. The van der Waals surface area contributed by atoms with E-state index in [9.17, 15) is 4.79 Å². The van der Waals surface area contributed by atoms with Gasteiger partial charge in [-0.15, -0.1) is 6.58 Å². The summed E-state index contributed by atoms with van der Waals surface area (Å²) >= 11 is 0. The SMILES string of the molecule is C=CCN(CCCCC)CC(=O)OCC. The Labute approximate surface area is 93.1 Å². The molecule has 0 aromatic carbocycles. The van der Waals surface area contributed by atoms with Crippen LogP contribution in [0.1, 0.15) is 33.1 Å². The van der Waals surface area contributed by atoms with Crippen molar-refractivity contribution in [1.82, 2.24) is 4.90 Å². The number of carbonyl (C=O) groups is 1. The van der Waals surface area contributed by atoms with Crippen molar-refractivity contribution < 1.29 is 9.53 Å². The second-order valence-electron chi connectivity index (χ2n) is 3.54. The van der Waals surface area contributed by atoms with Crippen LogP contribution in [0.5, 0.6) is 0 Å². The van der Waals surface area contributed by atoms with Crippen LogP contribution in [0.2, 0.25) is 0 Å². The van der Waals surface area contributed by atoms with Gasteiger partial charge < -0.3 is 4.74 Å². The standard InChI is InChI=1S/C12H23NO2/c1-4-7-8-10-13(9-5-2)11-12(14)15-6-3/h5H,2,4,6-11H2,1,3H3. The molecule has 0 saturated heterocycles. The van der Waals surface area contributed by atoms with E-state index in [1.807, 2.05) is 13.0 Å². The van der Waals surface area contributed by atoms with Crippen LogP contribution in [0, 0.1) is 0 Å². The van der Waals surface area contributed by atoms with Crippen molar-refractivity contribution in [2.75, 3.05) is 26.2 Å². The molecule has 15 heavy (non-hydrogen) atoms. The third-order valence-electron chi connectivity index (χ3n) is 2.12. The maximum atomic E-state index is 11.3. The van der Waals surface area contributed by atoms with Gasteiger partial charge in [0.25, 0.3) is 0 Å². The van der Waals surface area contributed by atoms with Crippen LogP contribution in [0.4, 0.5) is 0 Å². The Morgan fingerprint density at radius 3 is 2.67 bits per heavy atom. The number of unbranched alkanes of at least 4 members (excludes halogenated alkanes) is 2. The summed E-state index contributed by atoms with van der Waals surface area (Å²) in [5, 5.41) is 0. The fourth-order valence-electron chi connectivity index (χ4n) is 1.39. The molecule has 0 fully saturated rings. The van der Waals surface area contributed by atoms with Gasteiger partial charge in [0.1, 0.15) is 0 Å². The molecule has 0 aliphatic heterocycles. The van der Waals surface area contributed by atoms with Crippen molar-refractivity contribution in [1.29, 1.82) is 0 Å². The molecule has 3 nitrogen and oxygen atoms in total. The molecular formula is C12H23NO2. The molecule has 3 heteroatoms. The monoisotopic (exact) mass is 213 g/mol. The molecule has 0 saturated carbocycles. The van der Waals surface area contributed by atoms with Crippen molar-refractivity contribution in [3.05, 3.63) is 12.7 Å². The molecule has 0 rings (SSSR count). The molecule has 88 valence electrons. The minimum atomic E-state index is -0.143. The minimum Gasteiger partial charge on any atom is -0.465 e. The number of carbonyl (C=O) groups excluding carboxylic acids is 1. The highest BCUT2D eigenvalue weighted by atomic mass is 16.5. The summed E-state index contributed by atoms with van der Waals surface area (Å²) < 4.78 is 4.91. The van der Waals surface area contributed by atoms with E-state index in [4.69, 9.17) is 4.74 Å². The Balaban J connectivity index is 3.80. The Hall–Kier alpha value is -0.830. The maximum Gasteiger partial charge on any atom is 0.320 e. The average molecular weight is 213 g/mol. The van der Waals surface area contributed by atoms with E-state index in [2.05, 4.69) is 18.4 Å². The summed E-state index contributed by atoms with van der Waals surface area (Å²) in [6.45, 7) is 10.2. The first-order valence-electron chi connectivity index (χ1n) is 5.73. The average Bonchev–Trinajstić information content (AvgIpc) is 2.18. The van der Waals surface area contributed by atoms with Crippen LogP contribution in [0.25, 0.3) is 0 Å². The van der Waals surface area contributed by atoms with Crippen LogP contribution < -0.4 is 0 Å². The second-order valence-corrected chi connectivity index (χ2v) is 3.54. The molecule has 0 atom stereocenters. The molecule has 0 aromatic heterocycles. The number of nitrogens with zero attached hydrogens (tertiary/aromatic N) is 1. The molecule has 0 heterocycles. The normalized spacial score (nSPS) is 10.3. The molecule has 0 aliphatic rings. The number of hydrogen-bond acceptors (Lipinski definition) is 3. The van der Waals surface area contributed by atoms with Gasteiger partial charge in [-0.05, 0) is 19.9 Å². The van der Waals surface area contributed by atoms with Crippen molar-refractivity contribution in [2.24, 2.45) is 0 Å². The molecule has 0 aliphatic carbocycles. The highest BCUT2D eigenvalue weighted by molar-refractivity contribution is 5.71. The number of rotatable bonds is 9. The minimum absolute atomic E-state index is 0.143. The van der Waals surface area contributed by atoms with Gasteiger partial charge in [0.15, 0.2) is 0 Å². The topological polar surface area (TPSA) is 29.5 Å². The summed E-state index contributed by atoms with van der Waals surface area (Å²) in [6.07, 6.45) is 5.35. The van der Waals surface area contributed by atoms with Gasteiger partial charge >= 0.3 is 5.97 Å². The first-order chi connectivity index (χ1) is 7.24. The molecule has 0 radical (unpaired) electrons. The van der Waals surface area contributed by atoms with Gasteiger partial charge in [-0.2, -0.15) is 0 Å². The summed E-state index contributed by atoms with van der Waals surface area (Å²) in [4.78, 5) is 13.3. The predicted molar refractivity (Wildman–Crippen MR) is 62.8 cm³/mol. The van der Waals surface area contributed by atoms with Crippen LogP contribution in [-0.2, 0) is 9.53 Å². The lowest BCUT2D eigenvalue weighted by Gasteiger charge is -2.19. The van der Waals surface area contributed by atoms with Gasteiger partial charge in [0.2, 0.25) is 0 Å². The molecule has 0 spiro atoms. The third kappa shape index (κ3) is 8.18. The Kier molecular flexibility index (Phi) is 9.18. The first-order valence-corrected chi connectivity index (χ1v) is 5.73. The zero-order chi connectivity index (χ0) is 11.5. The quantitative estimate of drug-likeness (QED) is 0.334. The first kappa shape index (κ1) is 14.2. The van der Waals surface area contributed by atoms with E-state index in [0.29, 0.717) is 13.2 Å². The molecule has 0 N–H and O–H groups in total. The Bertz CT molecular complexity index is 180.